The van der Waals surface area contributed by atoms with E-state index in [4.69, 9.17) is 25.5 Å². The third-order valence-electron chi connectivity index (χ3n) is 3.67. The normalized spacial score (nSPS) is 11.2. The molecule has 0 saturated carbocycles. The molecule has 1 N–H and O–H groups in total. The van der Waals surface area contributed by atoms with Crippen LogP contribution < -0.4 is 9.47 Å². The van der Waals surface area contributed by atoms with E-state index in [1.54, 1.807) is 31.4 Å². The molecule has 0 aliphatic rings. The Morgan fingerprint density at radius 3 is 2.64 bits per heavy atom. The first-order valence-corrected chi connectivity index (χ1v) is 7.76. The van der Waals surface area contributed by atoms with Crippen molar-refractivity contribution in [3.05, 3.63) is 58.8 Å². The summed E-state index contributed by atoms with van der Waals surface area (Å²) in [6, 6.07) is 10.2. The highest BCUT2D eigenvalue weighted by molar-refractivity contribution is 6.32. The molecule has 6 heteroatoms. The molecule has 3 aromatic rings. The Hall–Kier alpha value is -2.92. The number of ether oxygens (including phenoxy) is 2. The van der Waals surface area contributed by atoms with Crippen LogP contribution in [0.5, 0.6) is 17.2 Å². The maximum Gasteiger partial charge on any atom is 0.221 e. The Kier molecular flexibility index (Phi) is 4.67. The number of carbonyl (C=O) groups excluding carboxylic acids is 1. The summed E-state index contributed by atoms with van der Waals surface area (Å²) in [5.74, 6) is 0.551. The fourth-order valence-electron chi connectivity index (χ4n) is 2.42. The quantitative estimate of drug-likeness (QED) is 0.528. The van der Waals surface area contributed by atoms with E-state index < -0.39 is 0 Å². The number of benzene rings is 2. The number of ketones is 1. The zero-order chi connectivity index (χ0) is 18.0. The van der Waals surface area contributed by atoms with Gasteiger partial charge < -0.3 is 19.0 Å². The number of phenolic OH excluding ortho intramolecular Hbond substituents is 1. The van der Waals surface area contributed by atoms with Crippen LogP contribution in [0.3, 0.4) is 0 Å². The Morgan fingerprint density at radius 1 is 1.16 bits per heavy atom. The topological polar surface area (TPSA) is 68.9 Å². The van der Waals surface area contributed by atoms with Crippen LogP contribution in [-0.4, -0.2) is 25.1 Å². The van der Waals surface area contributed by atoms with Crippen molar-refractivity contribution in [3.8, 4) is 17.2 Å². The second-order valence-electron chi connectivity index (χ2n) is 5.24. The monoisotopic (exact) mass is 358 g/mol. The van der Waals surface area contributed by atoms with Gasteiger partial charge in [0.05, 0.1) is 19.2 Å². The molecule has 0 radical (unpaired) electrons. The van der Waals surface area contributed by atoms with Crippen LogP contribution in [0.4, 0.5) is 0 Å². The SMILES string of the molecule is COc1cc(C=CC(=O)c2cc3cccc(OC)c3o2)cc(Cl)c1O. The van der Waals surface area contributed by atoms with Crippen LogP contribution in [0, 0.1) is 0 Å². The van der Waals surface area contributed by atoms with Crippen molar-refractivity contribution in [3.63, 3.8) is 0 Å². The van der Waals surface area contributed by atoms with E-state index in [1.807, 2.05) is 12.1 Å². The van der Waals surface area contributed by atoms with Gasteiger partial charge in [-0.1, -0.05) is 29.8 Å². The van der Waals surface area contributed by atoms with E-state index in [-0.39, 0.29) is 28.1 Å². The number of hydrogen-bond donors (Lipinski definition) is 1. The number of allylic oxidation sites excluding steroid dienone is 1. The van der Waals surface area contributed by atoms with Crippen LogP contribution in [0.1, 0.15) is 16.1 Å². The van der Waals surface area contributed by atoms with Crippen molar-refractivity contribution in [1.29, 1.82) is 0 Å². The number of para-hydroxylation sites is 1. The van der Waals surface area contributed by atoms with Gasteiger partial charge in [0.2, 0.25) is 5.78 Å². The molecule has 0 fully saturated rings. The summed E-state index contributed by atoms with van der Waals surface area (Å²) in [4.78, 5) is 12.4. The maximum absolute atomic E-state index is 12.4. The number of fused-ring (bicyclic) bond motifs is 1. The number of furan rings is 1. The third kappa shape index (κ3) is 3.32. The summed E-state index contributed by atoms with van der Waals surface area (Å²) < 4.78 is 15.9. The number of aromatic hydroxyl groups is 1. The van der Waals surface area contributed by atoms with E-state index >= 15 is 0 Å². The number of methoxy groups -OCH3 is 2. The predicted molar refractivity (Wildman–Crippen MR) is 95.8 cm³/mol. The standard InChI is InChI=1S/C19H15ClO5/c1-23-15-5-3-4-12-10-16(25-19(12)15)14(21)7-6-11-8-13(20)18(22)17(9-11)24-2/h3-10,22H,1-2H3. The molecule has 0 saturated heterocycles. The van der Waals surface area contributed by atoms with Gasteiger partial charge in [-0.25, -0.2) is 0 Å². The molecule has 25 heavy (non-hydrogen) atoms. The number of carbonyl (C=O) groups is 1. The molecule has 0 spiro atoms. The maximum atomic E-state index is 12.4. The average molecular weight is 359 g/mol. The number of rotatable bonds is 5. The fraction of sp³-hybridized carbons (Fsp3) is 0.105. The lowest BCUT2D eigenvalue weighted by molar-refractivity contribution is 0.102. The number of hydrogen-bond acceptors (Lipinski definition) is 5. The molecular weight excluding hydrogens is 344 g/mol. The number of halogens is 1. The van der Waals surface area contributed by atoms with Gasteiger partial charge in [0.15, 0.2) is 28.6 Å². The molecule has 3 rings (SSSR count). The van der Waals surface area contributed by atoms with Crippen molar-refractivity contribution in [1.82, 2.24) is 0 Å². The predicted octanol–water partition coefficient (Wildman–Crippen LogP) is 4.71. The minimum Gasteiger partial charge on any atom is -0.503 e. The second-order valence-corrected chi connectivity index (χ2v) is 5.65. The molecule has 128 valence electrons. The highest BCUT2D eigenvalue weighted by atomic mass is 35.5. The lowest BCUT2D eigenvalue weighted by atomic mass is 10.1. The van der Waals surface area contributed by atoms with Crippen molar-refractivity contribution < 1.29 is 23.8 Å². The Morgan fingerprint density at radius 2 is 1.92 bits per heavy atom. The largest absolute Gasteiger partial charge is 0.503 e. The molecule has 0 bridgehead atoms. The van der Waals surface area contributed by atoms with Gasteiger partial charge >= 0.3 is 0 Å². The van der Waals surface area contributed by atoms with Crippen LogP contribution in [0.25, 0.3) is 17.0 Å². The molecule has 5 nitrogen and oxygen atoms in total. The summed E-state index contributed by atoms with van der Waals surface area (Å²) in [5, 5.41) is 10.7. The van der Waals surface area contributed by atoms with Gasteiger partial charge in [-0.3, -0.25) is 4.79 Å². The first-order valence-electron chi connectivity index (χ1n) is 7.39. The second kappa shape index (κ2) is 6.91. The van der Waals surface area contributed by atoms with Gasteiger partial charge in [-0.15, -0.1) is 0 Å². The molecule has 0 amide bonds. The smallest absolute Gasteiger partial charge is 0.221 e. The molecule has 1 aromatic heterocycles. The first-order chi connectivity index (χ1) is 12.0. The fourth-order valence-corrected chi connectivity index (χ4v) is 2.64. The van der Waals surface area contributed by atoms with Crippen molar-refractivity contribution in [2.45, 2.75) is 0 Å². The van der Waals surface area contributed by atoms with Gasteiger partial charge in [-0.05, 0) is 35.9 Å². The summed E-state index contributed by atoms with van der Waals surface area (Å²) >= 11 is 5.94. The summed E-state index contributed by atoms with van der Waals surface area (Å²) in [6.07, 6.45) is 2.94. The van der Waals surface area contributed by atoms with Gasteiger partial charge in [0.25, 0.3) is 0 Å². The van der Waals surface area contributed by atoms with E-state index in [0.717, 1.165) is 5.39 Å². The molecule has 0 unspecified atom stereocenters. The highest BCUT2D eigenvalue weighted by Gasteiger charge is 2.13. The van der Waals surface area contributed by atoms with Crippen molar-refractivity contribution >= 4 is 34.4 Å². The zero-order valence-electron chi connectivity index (χ0n) is 13.6. The van der Waals surface area contributed by atoms with E-state index in [9.17, 15) is 9.90 Å². The lowest BCUT2D eigenvalue weighted by Gasteiger charge is -2.06. The van der Waals surface area contributed by atoms with Gasteiger partial charge in [-0.2, -0.15) is 0 Å². The van der Waals surface area contributed by atoms with E-state index in [0.29, 0.717) is 16.9 Å². The number of phenols is 1. The summed E-state index contributed by atoms with van der Waals surface area (Å²) in [7, 11) is 2.96. The van der Waals surface area contributed by atoms with Crippen LogP contribution in [-0.2, 0) is 0 Å². The Bertz CT molecular complexity index is 971. The van der Waals surface area contributed by atoms with Gasteiger partial charge in [0.1, 0.15) is 0 Å². The third-order valence-corrected chi connectivity index (χ3v) is 3.96. The molecule has 0 aliphatic heterocycles. The van der Waals surface area contributed by atoms with E-state index in [1.165, 1.54) is 19.3 Å². The first kappa shape index (κ1) is 16.9. The van der Waals surface area contributed by atoms with Crippen molar-refractivity contribution in [2.75, 3.05) is 14.2 Å². The van der Waals surface area contributed by atoms with Crippen LogP contribution in [0.2, 0.25) is 5.02 Å². The van der Waals surface area contributed by atoms with Gasteiger partial charge in [0, 0.05) is 5.39 Å². The van der Waals surface area contributed by atoms with Crippen molar-refractivity contribution in [2.24, 2.45) is 0 Å². The molecule has 2 aromatic carbocycles. The molecule has 0 atom stereocenters. The Labute approximate surface area is 149 Å². The Balaban J connectivity index is 1.90. The molecule has 1 heterocycles. The lowest BCUT2D eigenvalue weighted by Crippen LogP contribution is -1.91. The molecular formula is C19H15ClO5. The summed E-state index contributed by atoms with van der Waals surface area (Å²) in [6.45, 7) is 0. The minimum atomic E-state index is -0.304. The molecule has 0 aliphatic carbocycles. The zero-order valence-corrected chi connectivity index (χ0v) is 14.3. The summed E-state index contributed by atoms with van der Waals surface area (Å²) in [5.41, 5.74) is 1.14. The van der Waals surface area contributed by atoms with Crippen LogP contribution in [0.15, 0.2) is 46.9 Å². The minimum absolute atomic E-state index is 0.139. The average Bonchev–Trinajstić information content (AvgIpc) is 3.06. The highest BCUT2D eigenvalue weighted by Crippen LogP contribution is 2.35. The van der Waals surface area contributed by atoms with Crippen LogP contribution >= 0.6 is 11.6 Å². The van der Waals surface area contributed by atoms with E-state index in [2.05, 4.69) is 0 Å².